The van der Waals surface area contributed by atoms with Crippen LogP contribution in [0.5, 0.6) is 11.8 Å². The Labute approximate surface area is 410 Å². The molecule has 6 rings (SSSR count). The van der Waals surface area contributed by atoms with Crippen LogP contribution in [0.4, 0.5) is 14.6 Å². The topological polar surface area (TPSA) is 168 Å². The van der Waals surface area contributed by atoms with Crippen molar-refractivity contribution in [2.45, 2.75) is 161 Å². The molecular formula is C54H69F2N5O9. The van der Waals surface area contributed by atoms with Crippen LogP contribution in [0.15, 0.2) is 30.5 Å². The molecular weight excluding hydrogens is 901 g/mol. The highest BCUT2D eigenvalue weighted by atomic mass is 19.1. The second kappa shape index (κ2) is 25.8. The lowest BCUT2D eigenvalue weighted by molar-refractivity contribution is -0.168. The molecule has 1 N–H and O–H groups in total. The Bertz CT molecular complexity index is 2470. The van der Waals surface area contributed by atoms with Crippen LogP contribution in [0.2, 0.25) is 0 Å². The Balaban J connectivity index is 1.16. The van der Waals surface area contributed by atoms with E-state index in [1.165, 1.54) is 37.6 Å². The van der Waals surface area contributed by atoms with Gasteiger partial charge in [-0.3, -0.25) is 24.2 Å². The lowest BCUT2D eigenvalue weighted by Crippen LogP contribution is -2.51. The minimum absolute atomic E-state index is 0.00961. The first-order chi connectivity index (χ1) is 33.7. The van der Waals surface area contributed by atoms with Gasteiger partial charge >= 0.3 is 29.9 Å². The molecule has 4 heterocycles. The number of terminal acetylenes is 1. The zero-order valence-electron chi connectivity index (χ0n) is 41.5. The normalized spacial score (nSPS) is 15.6. The minimum atomic E-state index is -1.06. The predicted octanol–water partition coefficient (Wildman–Crippen LogP) is 10.3. The van der Waals surface area contributed by atoms with Crippen LogP contribution >= 0.6 is 0 Å². The predicted molar refractivity (Wildman–Crippen MR) is 263 cm³/mol. The third-order valence-corrected chi connectivity index (χ3v) is 12.9. The van der Waals surface area contributed by atoms with Crippen LogP contribution in [-0.4, -0.2) is 90.4 Å². The molecule has 2 bridgehead atoms. The van der Waals surface area contributed by atoms with Gasteiger partial charge in [0, 0.05) is 55.2 Å². The van der Waals surface area contributed by atoms with E-state index >= 15 is 8.78 Å². The summed E-state index contributed by atoms with van der Waals surface area (Å²) in [5.74, 6) is -1.00. The summed E-state index contributed by atoms with van der Waals surface area (Å²) in [6.45, 7) is 8.37. The van der Waals surface area contributed by atoms with Gasteiger partial charge in [-0.05, 0) is 54.7 Å². The van der Waals surface area contributed by atoms with Gasteiger partial charge in [0.1, 0.15) is 41.8 Å². The fraction of sp³-hybridized carbons (Fsp3) is 0.574. The summed E-state index contributed by atoms with van der Waals surface area (Å²) in [6, 6.07) is 5.97. The molecule has 2 aliphatic heterocycles. The van der Waals surface area contributed by atoms with E-state index in [0.717, 1.165) is 77.0 Å². The first kappa shape index (κ1) is 53.4. The van der Waals surface area contributed by atoms with Gasteiger partial charge in [0.15, 0.2) is 11.9 Å². The Kier molecular flexibility index (Phi) is 19.7. The molecule has 14 nitrogen and oxygen atoms in total. The second-order valence-electron chi connectivity index (χ2n) is 19.4. The van der Waals surface area contributed by atoms with Crippen molar-refractivity contribution in [1.29, 1.82) is 0 Å². The molecule has 4 aromatic rings. The maximum Gasteiger partial charge on any atom is 0.318 e. The summed E-state index contributed by atoms with van der Waals surface area (Å²) in [7, 11) is 1.40. The standard InChI is InChI=1S/C54H69F2N5O9/c1-7-10-12-14-16-18-20-44(62)67-33-39(34-68-45(63)21-19-17-15-13-11-8-2)70-47(65)29-54(4,5)28-46(64)69-38-26-35-22-25-43(55)40(9-3)48(35)41(27-38)50-49(56)51-42(30-57-50)52(60-53(59-51)66-6)61-31-36-23-24-37(32-61)58-36/h3,22,25-27,30,36-37,39,58H,7-8,10-21,23-24,28-29,31-34H2,1-2,4-6H3. The lowest BCUT2D eigenvalue weighted by Gasteiger charge is -2.34. The Morgan fingerprint density at radius 1 is 0.829 bits per heavy atom. The molecule has 2 aliphatic rings. The summed E-state index contributed by atoms with van der Waals surface area (Å²) in [5.41, 5.74) is -1.39. The highest BCUT2D eigenvalue weighted by molar-refractivity contribution is 6.03. The van der Waals surface area contributed by atoms with E-state index in [4.69, 9.17) is 30.1 Å². The van der Waals surface area contributed by atoms with Gasteiger partial charge in [-0.15, -0.1) is 6.42 Å². The largest absolute Gasteiger partial charge is 0.467 e. The quantitative estimate of drug-likeness (QED) is 0.0197. The molecule has 2 atom stereocenters. The van der Waals surface area contributed by atoms with Crippen molar-refractivity contribution in [1.82, 2.24) is 20.3 Å². The minimum Gasteiger partial charge on any atom is -0.467 e. The molecule has 0 spiro atoms. The Morgan fingerprint density at radius 2 is 1.43 bits per heavy atom. The average Bonchev–Trinajstić information content (AvgIpc) is 3.67. The van der Waals surface area contributed by atoms with Gasteiger partial charge in [0.2, 0.25) is 0 Å². The van der Waals surface area contributed by atoms with Crippen LogP contribution in [-0.2, 0) is 33.4 Å². The number of hydrogen-bond acceptors (Lipinski definition) is 14. The molecule has 2 unspecified atom stereocenters. The van der Waals surface area contributed by atoms with Gasteiger partial charge < -0.3 is 33.9 Å². The molecule has 2 aromatic heterocycles. The number of benzene rings is 2. The number of rotatable bonds is 27. The van der Waals surface area contributed by atoms with Crippen molar-refractivity contribution in [3.05, 3.63) is 47.7 Å². The number of hydrogen-bond donors (Lipinski definition) is 1. The van der Waals surface area contributed by atoms with E-state index in [1.807, 2.05) is 0 Å². The van der Waals surface area contributed by atoms with Crippen molar-refractivity contribution < 1.29 is 51.6 Å². The number of fused-ring (bicyclic) bond motifs is 4. The molecule has 2 fully saturated rings. The molecule has 0 amide bonds. The lowest BCUT2D eigenvalue weighted by atomic mass is 9.86. The van der Waals surface area contributed by atoms with Crippen LogP contribution in [0.25, 0.3) is 32.9 Å². The zero-order chi connectivity index (χ0) is 50.2. The number of ether oxygens (including phenoxy) is 5. The summed E-state index contributed by atoms with van der Waals surface area (Å²) in [4.78, 5) is 68.1. The SMILES string of the molecule is C#Cc1c(F)ccc2cc(OC(=O)CC(C)(C)CC(=O)OC(COC(=O)CCCCCCCC)COC(=O)CCCCCCCC)cc(-c3ncc4c(N5CC6CCC(C5)N6)nc(OC)nc4c3F)c12. The number of esters is 4. The van der Waals surface area contributed by atoms with Crippen molar-refractivity contribution in [3.63, 3.8) is 0 Å². The number of unbranched alkanes of at least 4 members (excludes halogenated alkanes) is 10. The number of methoxy groups -OCH3 is 1. The molecule has 2 aromatic carbocycles. The van der Waals surface area contributed by atoms with E-state index in [-0.39, 0.29) is 90.5 Å². The highest BCUT2D eigenvalue weighted by Crippen LogP contribution is 2.40. The van der Waals surface area contributed by atoms with Crippen LogP contribution in [0.1, 0.15) is 149 Å². The molecule has 16 heteroatoms. The second-order valence-corrected chi connectivity index (χ2v) is 19.4. The number of carbonyl (C=O) groups excluding carboxylic acids is 4. The summed E-state index contributed by atoms with van der Waals surface area (Å²) in [5, 5.41) is 4.47. The third-order valence-electron chi connectivity index (χ3n) is 12.9. The zero-order valence-corrected chi connectivity index (χ0v) is 41.5. The molecule has 0 radical (unpaired) electrons. The van der Waals surface area contributed by atoms with Gasteiger partial charge in [-0.2, -0.15) is 9.97 Å². The number of carbonyl (C=O) groups is 4. The summed E-state index contributed by atoms with van der Waals surface area (Å²) >= 11 is 0. The number of piperazine rings is 1. The summed E-state index contributed by atoms with van der Waals surface area (Å²) in [6.07, 6.45) is 20.2. The first-order valence-corrected chi connectivity index (χ1v) is 25.1. The van der Waals surface area contributed by atoms with E-state index in [0.29, 0.717) is 42.5 Å². The maximum atomic E-state index is 17.1. The fourth-order valence-corrected chi connectivity index (χ4v) is 9.28. The average molecular weight is 970 g/mol. The number of nitrogens with one attached hydrogen (secondary N) is 1. The molecule has 378 valence electrons. The molecule has 70 heavy (non-hydrogen) atoms. The smallest absolute Gasteiger partial charge is 0.318 e. The molecule has 0 aliphatic carbocycles. The number of anilines is 1. The third kappa shape index (κ3) is 14.8. The van der Waals surface area contributed by atoms with Crippen molar-refractivity contribution in [3.8, 4) is 35.4 Å². The number of pyridine rings is 1. The van der Waals surface area contributed by atoms with Crippen molar-refractivity contribution in [2.24, 2.45) is 5.41 Å². The van der Waals surface area contributed by atoms with Crippen LogP contribution in [0.3, 0.4) is 0 Å². The van der Waals surface area contributed by atoms with E-state index in [2.05, 4.69) is 44.9 Å². The molecule has 2 saturated heterocycles. The maximum absolute atomic E-state index is 17.1. The number of aromatic nitrogens is 3. The Hall–Kier alpha value is -5.95. The first-order valence-electron chi connectivity index (χ1n) is 25.1. The fourth-order valence-electron chi connectivity index (χ4n) is 9.28. The van der Waals surface area contributed by atoms with Gasteiger partial charge in [0.25, 0.3) is 0 Å². The van der Waals surface area contributed by atoms with E-state index < -0.39 is 47.0 Å². The van der Waals surface area contributed by atoms with E-state index in [9.17, 15) is 19.2 Å². The number of nitrogens with zero attached hydrogens (tertiary/aromatic N) is 4. The monoisotopic (exact) mass is 970 g/mol. The van der Waals surface area contributed by atoms with Crippen molar-refractivity contribution in [2.75, 3.05) is 38.3 Å². The van der Waals surface area contributed by atoms with Gasteiger partial charge in [0.05, 0.1) is 30.9 Å². The molecule has 0 saturated carbocycles. The summed E-state index contributed by atoms with van der Waals surface area (Å²) < 4.78 is 60.4. The van der Waals surface area contributed by atoms with Crippen LogP contribution < -0.4 is 19.7 Å². The highest BCUT2D eigenvalue weighted by Gasteiger charge is 2.35. The van der Waals surface area contributed by atoms with Crippen molar-refractivity contribution >= 4 is 51.4 Å². The Morgan fingerprint density at radius 3 is 2.03 bits per heavy atom. The van der Waals surface area contributed by atoms with Gasteiger partial charge in [-0.25, -0.2) is 8.78 Å². The van der Waals surface area contributed by atoms with E-state index in [1.54, 1.807) is 13.8 Å². The van der Waals surface area contributed by atoms with Crippen LogP contribution in [0, 0.1) is 29.4 Å². The van der Waals surface area contributed by atoms with Gasteiger partial charge in [-0.1, -0.05) is 104 Å². The number of halogens is 2.